The van der Waals surface area contributed by atoms with Crippen molar-refractivity contribution in [2.75, 3.05) is 26.1 Å². The van der Waals surface area contributed by atoms with Crippen LogP contribution in [0.25, 0.3) is 0 Å². The number of esters is 1. The SMILES string of the molecule is COC(=O)CCCNc1cc(OC)c(Br)cc1Br. The van der Waals surface area contributed by atoms with Crippen molar-refractivity contribution in [3.63, 3.8) is 0 Å². The first kappa shape index (κ1) is 15.3. The summed E-state index contributed by atoms with van der Waals surface area (Å²) in [6, 6.07) is 3.81. The molecule has 0 atom stereocenters. The summed E-state index contributed by atoms with van der Waals surface area (Å²) in [5.41, 5.74) is 0.930. The van der Waals surface area contributed by atoms with Crippen LogP contribution in [0.2, 0.25) is 0 Å². The van der Waals surface area contributed by atoms with Crippen LogP contribution in [0.1, 0.15) is 12.8 Å². The Morgan fingerprint density at radius 2 is 2.00 bits per heavy atom. The van der Waals surface area contributed by atoms with Gasteiger partial charge in [-0.3, -0.25) is 4.79 Å². The third kappa shape index (κ3) is 4.49. The van der Waals surface area contributed by atoms with Gasteiger partial charge in [0.2, 0.25) is 0 Å². The Kier molecular flexibility index (Phi) is 6.49. The maximum absolute atomic E-state index is 10.9. The van der Waals surface area contributed by atoms with E-state index in [1.807, 2.05) is 12.1 Å². The van der Waals surface area contributed by atoms with Crippen molar-refractivity contribution >= 4 is 43.5 Å². The average molecular weight is 381 g/mol. The lowest BCUT2D eigenvalue weighted by molar-refractivity contribution is -0.140. The van der Waals surface area contributed by atoms with Crippen LogP contribution in [-0.2, 0) is 9.53 Å². The fourth-order valence-electron chi connectivity index (χ4n) is 1.38. The van der Waals surface area contributed by atoms with Crippen molar-refractivity contribution < 1.29 is 14.3 Å². The van der Waals surface area contributed by atoms with Crippen LogP contribution in [0.5, 0.6) is 5.75 Å². The predicted octanol–water partition coefficient (Wildman–Crippen LogP) is 3.59. The Morgan fingerprint density at radius 1 is 1.28 bits per heavy atom. The van der Waals surface area contributed by atoms with Gasteiger partial charge in [0.1, 0.15) is 5.75 Å². The van der Waals surface area contributed by atoms with E-state index >= 15 is 0 Å². The molecule has 0 bridgehead atoms. The van der Waals surface area contributed by atoms with Crippen LogP contribution in [0, 0.1) is 0 Å². The number of nitrogens with one attached hydrogen (secondary N) is 1. The van der Waals surface area contributed by atoms with E-state index in [0.29, 0.717) is 13.0 Å². The Bertz CT molecular complexity index is 424. The number of rotatable bonds is 6. The molecular formula is C12H15Br2NO3. The molecule has 1 aromatic carbocycles. The topological polar surface area (TPSA) is 47.6 Å². The van der Waals surface area contributed by atoms with Crippen molar-refractivity contribution in [3.8, 4) is 5.75 Å². The molecule has 4 nitrogen and oxygen atoms in total. The van der Waals surface area contributed by atoms with Crippen LogP contribution in [-0.4, -0.2) is 26.7 Å². The van der Waals surface area contributed by atoms with E-state index in [9.17, 15) is 4.79 Å². The lowest BCUT2D eigenvalue weighted by Crippen LogP contribution is -2.07. The fraction of sp³-hybridized carbons (Fsp3) is 0.417. The number of hydrogen-bond acceptors (Lipinski definition) is 4. The van der Waals surface area contributed by atoms with E-state index in [1.165, 1.54) is 7.11 Å². The molecule has 1 N–H and O–H groups in total. The second-order valence-corrected chi connectivity index (χ2v) is 5.28. The summed E-state index contributed by atoms with van der Waals surface area (Å²) in [5, 5.41) is 3.24. The van der Waals surface area contributed by atoms with Crippen molar-refractivity contribution in [2.24, 2.45) is 0 Å². The molecule has 0 unspecified atom stereocenters. The summed E-state index contributed by atoms with van der Waals surface area (Å²) < 4.78 is 11.6. The zero-order valence-corrected chi connectivity index (χ0v) is 13.4. The molecule has 0 radical (unpaired) electrons. The van der Waals surface area contributed by atoms with E-state index in [4.69, 9.17) is 4.74 Å². The molecule has 0 aromatic heterocycles. The number of carbonyl (C=O) groups is 1. The number of benzene rings is 1. The third-order valence-corrected chi connectivity index (χ3v) is 3.62. The Hall–Kier alpha value is -0.750. The van der Waals surface area contributed by atoms with Gasteiger partial charge in [0, 0.05) is 23.5 Å². The number of ether oxygens (including phenoxy) is 2. The van der Waals surface area contributed by atoms with Gasteiger partial charge in [-0.2, -0.15) is 0 Å². The summed E-state index contributed by atoms with van der Waals surface area (Å²) in [6.45, 7) is 0.693. The molecule has 100 valence electrons. The van der Waals surface area contributed by atoms with Gasteiger partial charge in [0.25, 0.3) is 0 Å². The predicted molar refractivity (Wildman–Crippen MR) is 78.1 cm³/mol. The molecule has 0 heterocycles. The molecule has 18 heavy (non-hydrogen) atoms. The molecule has 1 rings (SSSR count). The monoisotopic (exact) mass is 379 g/mol. The standard InChI is InChI=1S/C12H15Br2NO3/c1-17-11-7-10(8(13)6-9(11)14)15-5-3-4-12(16)18-2/h6-7,15H,3-5H2,1-2H3. The molecule has 0 saturated heterocycles. The number of methoxy groups -OCH3 is 2. The van der Waals surface area contributed by atoms with E-state index in [2.05, 4.69) is 41.9 Å². The molecule has 0 amide bonds. The van der Waals surface area contributed by atoms with Crippen LogP contribution in [0.15, 0.2) is 21.1 Å². The van der Waals surface area contributed by atoms with Crippen LogP contribution >= 0.6 is 31.9 Å². The van der Waals surface area contributed by atoms with Crippen molar-refractivity contribution in [1.29, 1.82) is 0 Å². The highest BCUT2D eigenvalue weighted by atomic mass is 79.9. The molecule has 0 aliphatic heterocycles. The molecule has 0 fully saturated rings. The fourth-order valence-corrected chi connectivity index (χ4v) is 2.67. The number of hydrogen-bond donors (Lipinski definition) is 1. The van der Waals surface area contributed by atoms with Crippen molar-refractivity contribution in [1.82, 2.24) is 0 Å². The maximum Gasteiger partial charge on any atom is 0.305 e. The highest BCUT2D eigenvalue weighted by Gasteiger charge is 2.07. The number of halogens is 2. The largest absolute Gasteiger partial charge is 0.495 e. The quantitative estimate of drug-likeness (QED) is 0.605. The summed E-state index contributed by atoms with van der Waals surface area (Å²) in [4.78, 5) is 10.9. The van der Waals surface area contributed by atoms with Crippen LogP contribution in [0.3, 0.4) is 0 Å². The van der Waals surface area contributed by atoms with Gasteiger partial charge in [-0.1, -0.05) is 0 Å². The van der Waals surface area contributed by atoms with Gasteiger partial charge in [0.05, 0.1) is 24.4 Å². The maximum atomic E-state index is 10.9. The first-order valence-corrected chi connectivity index (χ1v) is 7.00. The lowest BCUT2D eigenvalue weighted by atomic mass is 10.2. The molecule has 0 aliphatic rings. The van der Waals surface area contributed by atoms with E-state index in [0.717, 1.165) is 26.8 Å². The third-order valence-electron chi connectivity index (χ3n) is 2.34. The highest BCUT2D eigenvalue weighted by Crippen LogP contribution is 2.34. The second-order valence-electron chi connectivity index (χ2n) is 3.57. The average Bonchev–Trinajstić information content (AvgIpc) is 2.36. The minimum atomic E-state index is -0.191. The van der Waals surface area contributed by atoms with Crippen molar-refractivity contribution in [3.05, 3.63) is 21.1 Å². The number of anilines is 1. The zero-order chi connectivity index (χ0) is 13.5. The summed E-state index contributed by atoms with van der Waals surface area (Å²) in [5.74, 6) is 0.568. The minimum absolute atomic E-state index is 0.191. The Morgan fingerprint density at radius 3 is 2.61 bits per heavy atom. The smallest absolute Gasteiger partial charge is 0.305 e. The minimum Gasteiger partial charge on any atom is -0.495 e. The normalized spacial score (nSPS) is 10.0. The highest BCUT2D eigenvalue weighted by molar-refractivity contribution is 9.11. The van der Waals surface area contributed by atoms with Gasteiger partial charge in [0.15, 0.2) is 0 Å². The summed E-state index contributed by atoms with van der Waals surface area (Å²) in [7, 11) is 3.01. The molecule has 0 aliphatic carbocycles. The van der Waals surface area contributed by atoms with E-state index in [1.54, 1.807) is 7.11 Å². The van der Waals surface area contributed by atoms with Gasteiger partial charge < -0.3 is 14.8 Å². The molecule has 0 saturated carbocycles. The lowest BCUT2D eigenvalue weighted by Gasteiger charge is -2.11. The molecule has 1 aromatic rings. The van der Waals surface area contributed by atoms with Crippen LogP contribution < -0.4 is 10.1 Å². The molecule has 0 spiro atoms. The van der Waals surface area contributed by atoms with Gasteiger partial charge >= 0.3 is 5.97 Å². The van der Waals surface area contributed by atoms with E-state index < -0.39 is 0 Å². The van der Waals surface area contributed by atoms with Gasteiger partial charge in [-0.05, 0) is 44.3 Å². The Labute approximate surface area is 123 Å². The number of carbonyl (C=O) groups excluding carboxylic acids is 1. The first-order valence-electron chi connectivity index (χ1n) is 5.42. The summed E-state index contributed by atoms with van der Waals surface area (Å²) in [6.07, 6.45) is 1.13. The van der Waals surface area contributed by atoms with Gasteiger partial charge in [-0.15, -0.1) is 0 Å². The molecule has 6 heteroatoms. The zero-order valence-electron chi connectivity index (χ0n) is 10.3. The summed E-state index contributed by atoms with van der Waals surface area (Å²) >= 11 is 6.87. The van der Waals surface area contributed by atoms with E-state index in [-0.39, 0.29) is 5.97 Å². The Balaban J connectivity index is 2.54. The van der Waals surface area contributed by atoms with Gasteiger partial charge in [-0.25, -0.2) is 0 Å². The van der Waals surface area contributed by atoms with Crippen LogP contribution in [0.4, 0.5) is 5.69 Å². The second kappa shape index (κ2) is 7.63. The first-order chi connectivity index (χ1) is 8.58. The molecular weight excluding hydrogens is 366 g/mol. The van der Waals surface area contributed by atoms with Crippen molar-refractivity contribution in [2.45, 2.75) is 12.8 Å².